The standard InChI is InChI=1S/C33H52O5/c1-29(2)22-10-8-20-19-31(5)15-12-23-30(3,4)26(38-28(37)18-27(35)36)14-17-33(23,7)24(31)11-9-21(20)32(22,6)16-13-25(29)34/h8,21-26,34H,9-19H2,1-7H3,(H,35,36). The number of hydrogen-bond donors (Lipinski definition) is 2. The van der Waals surface area contributed by atoms with Crippen LogP contribution in [0.5, 0.6) is 0 Å². The molecule has 9 atom stereocenters. The molecule has 0 aliphatic heterocycles. The van der Waals surface area contributed by atoms with Gasteiger partial charge in [0, 0.05) is 5.41 Å². The number of esters is 1. The van der Waals surface area contributed by atoms with Crippen LogP contribution in [-0.2, 0) is 14.3 Å². The van der Waals surface area contributed by atoms with Gasteiger partial charge in [-0.05, 0) is 110 Å². The molecule has 38 heavy (non-hydrogen) atoms. The van der Waals surface area contributed by atoms with Crippen LogP contribution in [0.25, 0.3) is 0 Å². The number of aliphatic hydroxyl groups excluding tert-OH is 1. The summed E-state index contributed by atoms with van der Waals surface area (Å²) >= 11 is 0. The second-order valence-corrected chi connectivity index (χ2v) is 16.0. The summed E-state index contributed by atoms with van der Waals surface area (Å²) in [5.74, 6) is 0.485. The van der Waals surface area contributed by atoms with Crippen molar-refractivity contribution in [2.45, 2.75) is 131 Å². The number of fused-ring (bicyclic) bond motifs is 6. The fraction of sp³-hybridized carbons (Fsp3) is 0.879. The van der Waals surface area contributed by atoms with Crippen molar-refractivity contribution in [1.82, 2.24) is 0 Å². The molecule has 0 bridgehead atoms. The molecule has 0 radical (unpaired) electrons. The molecule has 5 aliphatic carbocycles. The van der Waals surface area contributed by atoms with Crippen molar-refractivity contribution >= 4 is 11.9 Å². The molecule has 0 saturated heterocycles. The molecule has 0 heterocycles. The second-order valence-electron chi connectivity index (χ2n) is 16.0. The summed E-state index contributed by atoms with van der Waals surface area (Å²) in [6.45, 7) is 16.8. The van der Waals surface area contributed by atoms with E-state index in [-0.39, 0.29) is 39.3 Å². The summed E-state index contributed by atoms with van der Waals surface area (Å²) < 4.78 is 5.83. The van der Waals surface area contributed by atoms with Crippen LogP contribution in [0.3, 0.4) is 0 Å². The SMILES string of the molecule is CC12CCC3C(C)(C)C(OC(=O)CC(=O)O)CCC3(C)C1CCC1C(=CCC3C(C)(C)C(O)CCC13C)C2. The lowest BCUT2D eigenvalue weighted by molar-refractivity contribution is -0.194. The Balaban J connectivity index is 1.42. The van der Waals surface area contributed by atoms with Crippen molar-refractivity contribution in [3.8, 4) is 0 Å². The molecule has 4 saturated carbocycles. The lowest BCUT2D eigenvalue weighted by Gasteiger charge is -2.64. The van der Waals surface area contributed by atoms with Gasteiger partial charge in [0.15, 0.2) is 0 Å². The molecule has 5 nitrogen and oxygen atoms in total. The summed E-state index contributed by atoms with van der Waals surface area (Å²) in [4.78, 5) is 23.4. The van der Waals surface area contributed by atoms with E-state index in [1.54, 1.807) is 5.57 Å². The first-order chi connectivity index (χ1) is 17.6. The third-order valence-corrected chi connectivity index (χ3v) is 13.4. The van der Waals surface area contributed by atoms with Crippen LogP contribution in [0.15, 0.2) is 11.6 Å². The Hall–Kier alpha value is -1.36. The van der Waals surface area contributed by atoms with E-state index in [1.165, 1.54) is 25.7 Å². The summed E-state index contributed by atoms with van der Waals surface area (Å²) in [6.07, 6.45) is 12.6. The molecule has 9 unspecified atom stereocenters. The number of ether oxygens (including phenoxy) is 1. The van der Waals surface area contributed by atoms with Crippen molar-refractivity contribution in [1.29, 1.82) is 0 Å². The first kappa shape index (κ1) is 28.2. The number of carboxylic acids is 1. The third-order valence-electron chi connectivity index (χ3n) is 13.4. The number of aliphatic carboxylic acids is 1. The van der Waals surface area contributed by atoms with Gasteiger partial charge in [0.05, 0.1) is 6.10 Å². The van der Waals surface area contributed by atoms with Gasteiger partial charge in [-0.3, -0.25) is 9.59 Å². The average molecular weight is 529 g/mol. The van der Waals surface area contributed by atoms with Crippen molar-refractivity contribution in [2.24, 2.45) is 50.7 Å². The predicted molar refractivity (Wildman–Crippen MR) is 148 cm³/mol. The van der Waals surface area contributed by atoms with E-state index in [9.17, 15) is 14.7 Å². The Morgan fingerprint density at radius 1 is 0.842 bits per heavy atom. The van der Waals surface area contributed by atoms with Crippen LogP contribution < -0.4 is 0 Å². The molecule has 2 N–H and O–H groups in total. The fourth-order valence-corrected chi connectivity index (χ4v) is 11.5. The van der Waals surface area contributed by atoms with Gasteiger partial charge in [-0.15, -0.1) is 0 Å². The molecule has 0 aromatic heterocycles. The Labute approximate surface area is 230 Å². The Morgan fingerprint density at radius 2 is 1.53 bits per heavy atom. The monoisotopic (exact) mass is 528 g/mol. The van der Waals surface area contributed by atoms with E-state index in [4.69, 9.17) is 9.84 Å². The zero-order valence-electron chi connectivity index (χ0n) is 24.9. The molecular weight excluding hydrogens is 476 g/mol. The average Bonchev–Trinajstić information content (AvgIpc) is 2.95. The minimum atomic E-state index is -1.12. The van der Waals surface area contributed by atoms with Crippen molar-refractivity contribution in [2.75, 3.05) is 0 Å². The Kier molecular flexibility index (Phi) is 6.73. The molecule has 5 aliphatic rings. The lowest BCUT2D eigenvalue weighted by Crippen LogP contribution is -2.59. The molecular formula is C33H52O5. The molecule has 5 heteroatoms. The van der Waals surface area contributed by atoms with Crippen LogP contribution in [0.2, 0.25) is 0 Å². The molecule has 0 spiro atoms. The molecule has 5 rings (SSSR count). The number of carbonyl (C=O) groups is 2. The maximum Gasteiger partial charge on any atom is 0.317 e. The van der Waals surface area contributed by atoms with Crippen LogP contribution in [0.1, 0.15) is 119 Å². The largest absolute Gasteiger partial charge is 0.481 e. The number of carbonyl (C=O) groups excluding carboxylic acids is 1. The third kappa shape index (κ3) is 4.11. The molecule has 0 amide bonds. The molecule has 0 aromatic rings. The zero-order valence-corrected chi connectivity index (χ0v) is 24.9. The van der Waals surface area contributed by atoms with E-state index >= 15 is 0 Å². The van der Waals surface area contributed by atoms with Crippen LogP contribution in [-0.4, -0.2) is 34.4 Å². The van der Waals surface area contributed by atoms with Crippen LogP contribution in [0, 0.1) is 50.7 Å². The first-order valence-electron chi connectivity index (χ1n) is 15.3. The highest BCUT2D eigenvalue weighted by Gasteiger charge is 2.63. The number of aliphatic hydroxyl groups is 1. The minimum absolute atomic E-state index is 0.0461. The fourth-order valence-electron chi connectivity index (χ4n) is 11.5. The highest BCUT2D eigenvalue weighted by atomic mass is 16.5. The smallest absolute Gasteiger partial charge is 0.317 e. The van der Waals surface area contributed by atoms with E-state index in [0.717, 1.165) is 38.5 Å². The van der Waals surface area contributed by atoms with Gasteiger partial charge in [0.1, 0.15) is 12.5 Å². The second kappa shape index (κ2) is 9.08. The molecule has 0 aromatic carbocycles. The predicted octanol–water partition coefficient (Wildman–Crippen LogP) is 7.17. The quantitative estimate of drug-likeness (QED) is 0.231. The summed E-state index contributed by atoms with van der Waals surface area (Å²) in [5, 5.41) is 20.0. The number of rotatable bonds is 3. The minimum Gasteiger partial charge on any atom is -0.481 e. The number of hydrogen-bond acceptors (Lipinski definition) is 4. The highest BCUT2D eigenvalue weighted by molar-refractivity contribution is 5.90. The summed E-state index contributed by atoms with van der Waals surface area (Å²) in [5.41, 5.74) is 2.20. The molecule has 214 valence electrons. The topological polar surface area (TPSA) is 83.8 Å². The first-order valence-corrected chi connectivity index (χ1v) is 15.3. The van der Waals surface area contributed by atoms with E-state index in [0.29, 0.717) is 23.7 Å². The van der Waals surface area contributed by atoms with Gasteiger partial charge in [0.25, 0.3) is 0 Å². The Bertz CT molecular complexity index is 1010. The van der Waals surface area contributed by atoms with Gasteiger partial charge >= 0.3 is 11.9 Å². The maximum absolute atomic E-state index is 12.3. The van der Waals surface area contributed by atoms with Gasteiger partial charge < -0.3 is 14.9 Å². The van der Waals surface area contributed by atoms with Gasteiger partial charge in [-0.1, -0.05) is 60.1 Å². The highest BCUT2D eigenvalue weighted by Crippen LogP contribution is 2.70. The normalized spacial score (nSPS) is 47.2. The Morgan fingerprint density at radius 3 is 2.21 bits per heavy atom. The van der Waals surface area contributed by atoms with Crippen molar-refractivity contribution in [3.05, 3.63) is 11.6 Å². The van der Waals surface area contributed by atoms with Crippen LogP contribution in [0.4, 0.5) is 0 Å². The van der Waals surface area contributed by atoms with E-state index < -0.39 is 18.4 Å². The zero-order chi connectivity index (χ0) is 27.9. The summed E-state index contributed by atoms with van der Waals surface area (Å²) in [6, 6.07) is 0. The number of allylic oxidation sites excluding steroid dienone is 2. The van der Waals surface area contributed by atoms with Crippen molar-refractivity contribution < 1.29 is 24.5 Å². The van der Waals surface area contributed by atoms with Gasteiger partial charge in [-0.2, -0.15) is 0 Å². The maximum atomic E-state index is 12.3. The van der Waals surface area contributed by atoms with E-state index in [1.807, 2.05) is 0 Å². The lowest BCUT2D eigenvalue weighted by atomic mass is 9.42. The molecule has 4 fully saturated rings. The van der Waals surface area contributed by atoms with Crippen LogP contribution >= 0.6 is 0 Å². The van der Waals surface area contributed by atoms with Gasteiger partial charge in [0.2, 0.25) is 0 Å². The van der Waals surface area contributed by atoms with Crippen molar-refractivity contribution in [3.63, 3.8) is 0 Å². The summed E-state index contributed by atoms with van der Waals surface area (Å²) in [7, 11) is 0. The van der Waals surface area contributed by atoms with E-state index in [2.05, 4.69) is 54.5 Å². The van der Waals surface area contributed by atoms with Gasteiger partial charge in [-0.25, -0.2) is 0 Å². The number of carboxylic acid groups (broad SMARTS) is 1.